The molecule has 93 heavy (non-hydrogen) atoms. The van der Waals surface area contributed by atoms with Crippen molar-refractivity contribution in [2.24, 2.45) is 0 Å². The lowest BCUT2D eigenvalue weighted by Gasteiger charge is -2.46. The number of ether oxygens (including phenoxy) is 4. The predicted molar refractivity (Wildman–Crippen MR) is 382 cm³/mol. The Morgan fingerprint density at radius 1 is 0.398 bits per heavy atom. The zero-order chi connectivity index (χ0) is 67.3. The van der Waals surface area contributed by atoms with E-state index < -0.39 is 86.8 Å². The minimum absolute atomic E-state index is 0.258. The topological polar surface area (TPSA) is 228 Å². The molecule has 12 unspecified atom stereocenters. The van der Waals surface area contributed by atoms with E-state index in [9.17, 15) is 45.6 Å². The first-order valence-electron chi connectivity index (χ1n) is 37.6. The average molecular weight is 1310 g/mol. The largest absolute Gasteiger partial charge is 0.394 e. The van der Waals surface area contributed by atoms with Gasteiger partial charge in [0.2, 0.25) is 5.91 Å². The Morgan fingerprint density at radius 3 is 1.18 bits per heavy atom. The molecule has 0 aromatic carbocycles. The molecule has 0 aliphatic carbocycles. The van der Waals surface area contributed by atoms with E-state index in [1.807, 2.05) is 6.08 Å². The second-order valence-electron chi connectivity index (χ2n) is 26.0. The summed E-state index contributed by atoms with van der Waals surface area (Å²) in [6.07, 6.45) is 72.9. The molecule has 14 nitrogen and oxygen atoms in total. The summed E-state index contributed by atoms with van der Waals surface area (Å²) in [5.41, 5.74) is 0. The Bertz CT molecular complexity index is 1980. The van der Waals surface area contributed by atoms with Crippen LogP contribution in [0.25, 0.3) is 0 Å². The fourth-order valence-electron chi connectivity index (χ4n) is 11.7. The molecular formula is C79H137NO13. The molecule has 2 aliphatic rings. The van der Waals surface area contributed by atoms with Crippen LogP contribution in [0.5, 0.6) is 0 Å². The molecule has 2 saturated heterocycles. The molecule has 2 aliphatic heterocycles. The summed E-state index contributed by atoms with van der Waals surface area (Å²) < 4.78 is 22.9. The third kappa shape index (κ3) is 45.7. The van der Waals surface area contributed by atoms with Gasteiger partial charge in [-0.3, -0.25) is 4.79 Å². The van der Waals surface area contributed by atoms with E-state index in [1.54, 1.807) is 6.08 Å². The van der Waals surface area contributed by atoms with Crippen molar-refractivity contribution >= 4 is 5.91 Å². The molecule has 0 spiro atoms. The van der Waals surface area contributed by atoms with Gasteiger partial charge < -0.3 is 65.1 Å². The first kappa shape index (κ1) is 85.7. The highest BCUT2D eigenvalue weighted by Crippen LogP contribution is 2.30. The Labute approximate surface area is 566 Å². The van der Waals surface area contributed by atoms with Crippen molar-refractivity contribution in [1.82, 2.24) is 5.32 Å². The maximum absolute atomic E-state index is 13.4. The van der Waals surface area contributed by atoms with E-state index in [0.29, 0.717) is 12.8 Å². The Morgan fingerprint density at radius 2 is 0.753 bits per heavy atom. The maximum atomic E-state index is 13.4. The molecule has 2 heterocycles. The summed E-state index contributed by atoms with van der Waals surface area (Å²) in [7, 11) is 0. The van der Waals surface area contributed by atoms with Gasteiger partial charge in [0.25, 0.3) is 0 Å². The molecule has 0 bridgehead atoms. The van der Waals surface area contributed by atoms with Gasteiger partial charge in [-0.2, -0.15) is 0 Å². The molecular weight excluding hydrogens is 1170 g/mol. The van der Waals surface area contributed by atoms with E-state index in [0.717, 1.165) is 89.9 Å². The summed E-state index contributed by atoms with van der Waals surface area (Å²) in [6.45, 7) is 2.68. The number of amides is 1. The van der Waals surface area contributed by atoms with Crippen LogP contribution in [0.15, 0.2) is 109 Å². The van der Waals surface area contributed by atoms with E-state index in [-0.39, 0.29) is 18.9 Å². The van der Waals surface area contributed by atoms with Crippen LogP contribution in [-0.2, 0) is 23.7 Å². The van der Waals surface area contributed by atoms with Crippen LogP contribution in [-0.4, -0.2) is 140 Å². The molecule has 0 radical (unpaired) electrons. The molecule has 0 saturated carbocycles. The summed E-state index contributed by atoms with van der Waals surface area (Å²) >= 11 is 0. The van der Waals surface area contributed by atoms with Crippen molar-refractivity contribution in [3.05, 3.63) is 109 Å². The quantitative estimate of drug-likeness (QED) is 0.0204. The van der Waals surface area contributed by atoms with Crippen LogP contribution in [0, 0.1) is 0 Å². The van der Waals surface area contributed by atoms with Crippen LogP contribution in [0.3, 0.4) is 0 Å². The Balaban J connectivity index is 1.69. The van der Waals surface area contributed by atoms with Crippen molar-refractivity contribution in [2.45, 2.75) is 364 Å². The molecule has 2 fully saturated rings. The number of carbonyl (C=O) groups excluding carboxylic acids is 1. The minimum atomic E-state index is -1.80. The highest BCUT2D eigenvalue weighted by Gasteiger charge is 2.51. The molecule has 536 valence electrons. The minimum Gasteiger partial charge on any atom is -0.394 e. The van der Waals surface area contributed by atoms with Crippen molar-refractivity contribution in [2.75, 3.05) is 19.8 Å². The summed E-state index contributed by atoms with van der Waals surface area (Å²) in [5.74, 6) is -0.260. The molecule has 9 N–H and O–H groups in total. The molecule has 0 aromatic heterocycles. The monoisotopic (exact) mass is 1310 g/mol. The van der Waals surface area contributed by atoms with Gasteiger partial charge in [0, 0.05) is 6.42 Å². The van der Waals surface area contributed by atoms with Crippen molar-refractivity contribution in [3.63, 3.8) is 0 Å². The number of aliphatic hydroxyl groups is 8. The highest BCUT2D eigenvalue weighted by molar-refractivity contribution is 5.76. The van der Waals surface area contributed by atoms with Crippen LogP contribution < -0.4 is 5.32 Å². The Hall–Kier alpha value is -3.35. The van der Waals surface area contributed by atoms with Crippen LogP contribution in [0.2, 0.25) is 0 Å². The highest BCUT2D eigenvalue weighted by atomic mass is 16.7. The van der Waals surface area contributed by atoms with Gasteiger partial charge in [0.1, 0.15) is 48.8 Å². The standard InChI is InChI=1S/C79H137NO13/c1-3-5-7-9-11-13-15-17-19-21-23-25-27-29-31-33-35-36-38-40-42-44-46-48-50-52-54-56-58-60-62-68(83)67(66-90-78-76(89)74(87)77(70(65-82)92-78)93-79-75(88)73(86)72(85)69(64-81)91-79)80-71(84)63-61-59-57-55-53-51-49-47-45-43-41-39-37-34-32-30-28-26-24-22-20-18-16-14-12-10-8-6-4-2/h6,8,12,14,18,20,24,26,30,32,37,39,44,46,52,54,60,62,67-70,72-79,81-83,85-89H,3-5,7,9-11,13,15-17,19,21-23,25,27-29,31,33-36,38,40-43,45,47-51,53,55-59,61,63-66H2,1-2H3,(H,80,84)/b8-6-,14-12-,20-18-,26-24-,32-30-,39-37-,46-44+,54-52+,62-60+. The SMILES string of the molecule is CC/C=C\C/C=C\C/C=C\C/C=C\C/C=C\C/C=C\CCCCCCCCCCCCC(=O)NC(COC1OC(CO)C(OC2OC(CO)C(O)C(O)C2O)C(O)C1O)C(O)/C=C/CC/C=C/CC/C=C/CCCCCCCCCCCCCCCCCCCCCC. The number of hydrogen-bond donors (Lipinski definition) is 9. The number of nitrogens with one attached hydrogen (secondary N) is 1. The van der Waals surface area contributed by atoms with Crippen molar-refractivity contribution in [3.8, 4) is 0 Å². The Kier molecular flexibility index (Phi) is 57.3. The summed E-state index contributed by atoms with van der Waals surface area (Å²) in [6, 6.07) is -0.950. The molecule has 14 heteroatoms. The van der Waals surface area contributed by atoms with E-state index in [1.165, 1.54) is 167 Å². The predicted octanol–water partition coefficient (Wildman–Crippen LogP) is 16.3. The number of rotatable bonds is 61. The molecule has 0 aromatic rings. The van der Waals surface area contributed by atoms with Gasteiger partial charge in [-0.1, -0.05) is 297 Å². The van der Waals surface area contributed by atoms with Crippen LogP contribution >= 0.6 is 0 Å². The van der Waals surface area contributed by atoms with Crippen LogP contribution in [0.1, 0.15) is 290 Å². The number of allylic oxidation sites excluding steroid dienone is 17. The van der Waals surface area contributed by atoms with Crippen molar-refractivity contribution in [1.29, 1.82) is 0 Å². The normalized spacial score (nSPS) is 23.2. The third-order valence-corrected chi connectivity index (χ3v) is 17.7. The third-order valence-electron chi connectivity index (χ3n) is 17.7. The van der Waals surface area contributed by atoms with Gasteiger partial charge in [-0.05, 0) is 96.3 Å². The second-order valence-corrected chi connectivity index (χ2v) is 26.0. The van der Waals surface area contributed by atoms with Gasteiger partial charge in [0.05, 0.1) is 32.0 Å². The first-order valence-corrected chi connectivity index (χ1v) is 37.6. The van der Waals surface area contributed by atoms with Gasteiger partial charge in [-0.15, -0.1) is 0 Å². The van der Waals surface area contributed by atoms with Gasteiger partial charge in [0.15, 0.2) is 12.6 Å². The number of aliphatic hydroxyl groups excluding tert-OH is 8. The number of hydrogen-bond acceptors (Lipinski definition) is 13. The second kappa shape index (κ2) is 62.2. The molecule has 12 atom stereocenters. The average Bonchev–Trinajstić information content (AvgIpc) is 0.854. The molecule has 2 rings (SSSR count). The van der Waals surface area contributed by atoms with E-state index in [4.69, 9.17) is 18.9 Å². The first-order chi connectivity index (χ1) is 45.6. The fourth-order valence-corrected chi connectivity index (χ4v) is 11.7. The lowest BCUT2D eigenvalue weighted by molar-refractivity contribution is -0.359. The zero-order valence-corrected chi connectivity index (χ0v) is 58.5. The zero-order valence-electron chi connectivity index (χ0n) is 58.5. The number of carbonyl (C=O) groups is 1. The van der Waals surface area contributed by atoms with Gasteiger partial charge >= 0.3 is 0 Å². The van der Waals surface area contributed by atoms with E-state index in [2.05, 4.69) is 116 Å². The summed E-state index contributed by atoms with van der Waals surface area (Å²) in [4.78, 5) is 13.4. The smallest absolute Gasteiger partial charge is 0.220 e. The summed E-state index contributed by atoms with van der Waals surface area (Å²) in [5, 5.41) is 87.5. The van der Waals surface area contributed by atoms with E-state index >= 15 is 0 Å². The number of unbranched alkanes of at least 4 members (excludes halogenated alkanes) is 32. The lowest BCUT2D eigenvalue weighted by atomic mass is 9.97. The lowest BCUT2D eigenvalue weighted by Crippen LogP contribution is -2.65. The van der Waals surface area contributed by atoms with Crippen LogP contribution in [0.4, 0.5) is 0 Å². The van der Waals surface area contributed by atoms with Crippen molar-refractivity contribution < 1.29 is 64.6 Å². The van der Waals surface area contributed by atoms with Gasteiger partial charge in [-0.25, -0.2) is 0 Å². The fraction of sp³-hybridized carbons (Fsp3) is 0.759. The molecule has 1 amide bonds. The maximum Gasteiger partial charge on any atom is 0.220 e.